The first kappa shape index (κ1) is 20.9. The molecule has 2 aromatic carbocycles. The Balaban J connectivity index is 1.84. The number of benzene rings is 2. The monoisotopic (exact) mass is 450 g/mol. The second-order valence-corrected chi connectivity index (χ2v) is 8.82. The summed E-state index contributed by atoms with van der Waals surface area (Å²) in [7, 11) is -3.94. The van der Waals surface area contributed by atoms with Gasteiger partial charge < -0.3 is 10.4 Å². The highest BCUT2D eigenvalue weighted by atomic mass is 35.5. The Morgan fingerprint density at radius 1 is 1.11 bits per heavy atom. The van der Waals surface area contributed by atoms with Gasteiger partial charge in [0.1, 0.15) is 0 Å². The van der Waals surface area contributed by atoms with Crippen LogP contribution in [0.4, 0.5) is 14.5 Å². The average Bonchev–Trinajstić information content (AvgIpc) is 2.58. The van der Waals surface area contributed by atoms with Gasteiger partial charge in [-0.3, -0.25) is 4.79 Å². The fourth-order valence-electron chi connectivity index (χ4n) is 2.64. The van der Waals surface area contributed by atoms with Crippen molar-refractivity contribution in [1.82, 2.24) is 4.72 Å². The third-order valence-electron chi connectivity index (χ3n) is 4.17. The maximum absolute atomic E-state index is 13.4. The molecule has 1 aliphatic carbocycles. The lowest BCUT2D eigenvalue weighted by molar-refractivity contribution is 0.0712. The Kier molecular flexibility index (Phi) is 5.92. The van der Waals surface area contributed by atoms with Gasteiger partial charge in [0.05, 0.1) is 26.6 Å². The fraction of sp³-hybridized carbons (Fsp3) is 0.235. The number of hydrogen-bond acceptors (Lipinski definition) is 4. The molecule has 0 spiro atoms. The molecule has 0 aromatic heterocycles. The summed E-state index contributed by atoms with van der Waals surface area (Å²) in [6, 6.07) is 4.88. The number of sulfonamides is 1. The number of nitrogens with one attached hydrogen (secondary N) is 2. The number of rotatable bonds is 5. The molecule has 0 aliphatic heterocycles. The predicted octanol–water partition coefficient (Wildman–Crippen LogP) is 3.33. The van der Waals surface area contributed by atoms with Crippen LogP contribution in [0.15, 0.2) is 35.2 Å². The molecular formula is C17H14Cl2F2N2O4S. The molecule has 1 amide bonds. The first-order valence-corrected chi connectivity index (χ1v) is 10.3. The van der Waals surface area contributed by atoms with Crippen molar-refractivity contribution >= 4 is 44.8 Å². The van der Waals surface area contributed by atoms with Crippen LogP contribution in [0.5, 0.6) is 0 Å². The van der Waals surface area contributed by atoms with E-state index in [4.69, 9.17) is 23.2 Å². The summed E-state index contributed by atoms with van der Waals surface area (Å²) < 4.78 is 54.0. The molecule has 1 fully saturated rings. The number of carbonyl (C=O) groups is 1. The molecule has 0 saturated heterocycles. The third kappa shape index (κ3) is 4.44. The van der Waals surface area contributed by atoms with E-state index >= 15 is 0 Å². The zero-order valence-corrected chi connectivity index (χ0v) is 16.4. The van der Waals surface area contributed by atoms with Crippen molar-refractivity contribution < 1.29 is 27.1 Å². The Bertz CT molecular complexity index is 1020. The summed E-state index contributed by atoms with van der Waals surface area (Å²) in [5.41, 5.74) is -0.307. The second kappa shape index (κ2) is 7.92. The van der Waals surface area contributed by atoms with Crippen LogP contribution in [-0.2, 0) is 10.0 Å². The number of halogens is 4. The predicted molar refractivity (Wildman–Crippen MR) is 100 cm³/mol. The van der Waals surface area contributed by atoms with Crippen molar-refractivity contribution in [3.63, 3.8) is 0 Å². The standard InChI is InChI=1S/C17H14Cl2F2N2O4S/c18-13-2-1-11(28(26,27)23-9-3-10(24)4-9)7-12(13)17(25)22-8-5-14(19)16(21)15(20)6-8/h1-2,5-7,9-10,23-24H,3-4H2,(H,22,25). The minimum atomic E-state index is -3.94. The fourth-order valence-corrected chi connectivity index (χ4v) is 4.34. The zero-order valence-electron chi connectivity index (χ0n) is 14.0. The van der Waals surface area contributed by atoms with Crippen LogP contribution in [0, 0.1) is 11.6 Å². The highest BCUT2D eigenvalue weighted by Gasteiger charge is 2.31. The third-order valence-corrected chi connectivity index (χ3v) is 6.29. The highest BCUT2D eigenvalue weighted by Crippen LogP contribution is 2.27. The molecule has 0 heterocycles. The Morgan fingerprint density at radius 3 is 2.39 bits per heavy atom. The van der Waals surface area contributed by atoms with Crippen LogP contribution in [-0.4, -0.2) is 31.6 Å². The Labute approximate surface area is 169 Å². The molecule has 0 bridgehead atoms. The molecule has 3 N–H and O–H groups in total. The largest absolute Gasteiger partial charge is 0.393 e. The average molecular weight is 451 g/mol. The topological polar surface area (TPSA) is 95.5 Å². The quantitative estimate of drug-likeness (QED) is 0.608. The number of carbonyl (C=O) groups excluding carboxylic acids is 1. The van der Waals surface area contributed by atoms with Crippen LogP contribution in [0.2, 0.25) is 10.0 Å². The van der Waals surface area contributed by atoms with E-state index in [1.165, 1.54) is 12.1 Å². The summed E-state index contributed by atoms with van der Waals surface area (Å²) in [4.78, 5) is 12.2. The van der Waals surface area contributed by atoms with E-state index in [0.717, 1.165) is 18.2 Å². The first-order valence-electron chi connectivity index (χ1n) is 8.02. The lowest BCUT2D eigenvalue weighted by Gasteiger charge is -2.31. The van der Waals surface area contributed by atoms with E-state index in [0.29, 0.717) is 12.8 Å². The van der Waals surface area contributed by atoms with Crippen molar-refractivity contribution in [1.29, 1.82) is 0 Å². The zero-order chi connectivity index (χ0) is 20.6. The van der Waals surface area contributed by atoms with Crippen LogP contribution in [0.25, 0.3) is 0 Å². The molecule has 150 valence electrons. The van der Waals surface area contributed by atoms with Gasteiger partial charge in [0.2, 0.25) is 10.0 Å². The number of anilines is 1. The van der Waals surface area contributed by atoms with Gasteiger partial charge in [0.25, 0.3) is 5.91 Å². The van der Waals surface area contributed by atoms with Gasteiger partial charge in [-0.05, 0) is 37.1 Å². The molecule has 0 radical (unpaired) electrons. The van der Waals surface area contributed by atoms with E-state index in [1.54, 1.807) is 0 Å². The van der Waals surface area contributed by atoms with Crippen molar-refractivity contribution in [3.8, 4) is 0 Å². The maximum Gasteiger partial charge on any atom is 0.257 e. The lowest BCUT2D eigenvalue weighted by atomic mass is 9.91. The van der Waals surface area contributed by atoms with Crippen LogP contribution in [0.3, 0.4) is 0 Å². The Morgan fingerprint density at radius 2 is 1.79 bits per heavy atom. The highest BCUT2D eigenvalue weighted by molar-refractivity contribution is 7.89. The van der Waals surface area contributed by atoms with Crippen LogP contribution in [0.1, 0.15) is 23.2 Å². The summed E-state index contributed by atoms with van der Waals surface area (Å²) in [5.74, 6) is -3.33. The molecular weight excluding hydrogens is 437 g/mol. The number of hydrogen-bond donors (Lipinski definition) is 3. The van der Waals surface area contributed by atoms with E-state index in [1.807, 2.05) is 0 Å². The number of aliphatic hydroxyl groups excluding tert-OH is 1. The molecule has 0 unspecified atom stereocenters. The number of aliphatic hydroxyl groups is 1. The van der Waals surface area contributed by atoms with Gasteiger partial charge >= 0.3 is 0 Å². The van der Waals surface area contributed by atoms with Crippen LogP contribution < -0.4 is 10.0 Å². The van der Waals surface area contributed by atoms with E-state index in [9.17, 15) is 27.1 Å². The first-order chi connectivity index (χ1) is 13.1. The van der Waals surface area contributed by atoms with Crippen LogP contribution >= 0.6 is 23.2 Å². The van der Waals surface area contributed by atoms with Crippen molar-refractivity contribution in [2.45, 2.75) is 29.9 Å². The maximum atomic E-state index is 13.4. The van der Waals surface area contributed by atoms with Gasteiger partial charge in [-0.15, -0.1) is 0 Å². The van der Waals surface area contributed by atoms with Gasteiger partial charge in [0, 0.05) is 17.8 Å². The van der Waals surface area contributed by atoms with Gasteiger partial charge in [-0.25, -0.2) is 21.9 Å². The van der Waals surface area contributed by atoms with Crippen molar-refractivity contribution in [2.24, 2.45) is 0 Å². The summed E-state index contributed by atoms with van der Waals surface area (Å²) in [5, 5.41) is 11.0. The van der Waals surface area contributed by atoms with Gasteiger partial charge in [-0.1, -0.05) is 23.2 Å². The van der Waals surface area contributed by atoms with E-state index < -0.39 is 44.7 Å². The molecule has 1 aliphatic rings. The van der Waals surface area contributed by atoms with Gasteiger partial charge in [0.15, 0.2) is 11.6 Å². The lowest BCUT2D eigenvalue weighted by Crippen LogP contribution is -2.46. The molecule has 6 nitrogen and oxygen atoms in total. The van der Waals surface area contributed by atoms with E-state index in [-0.39, 0.29) is 21.2 Å². The normalized spacial score (nSPS) is 19.2. The number of amides is 1. The molecule has 3 rings (SSSR count). The summed E-state index contributed by atoms with van der Waals surface area (Å²) >= 11 is 11.5. The molecule has 1 saturated carbocycles. The summed E-state index contributed by atoms with van der Waals surface area (Å²) in [6.45, 7) is 0. The second-order valence-electron chi connectivity index (χ2n) is 6.29. The molecule has 11 heteroatoms. The minimum absolute atomic E-state index is 0.0378. The molecule has 28 heavy (non-hydrogen) atoms. The molecule has 2 aromatic rings. The smallest absolute Gasteiger partial charge is 0.257 e. The van der Waals surface area contributed by atoms with Gasteiger partial charge in [-0.2, -0.15) is 0 Å². The van der Waals surface area contributed by atoms with E-state index in [2.05, 4.69) is 10.0 Å². The van der Waals surface area contributed by atoms with Crippen molar-refractivity contribution in [3.05, 3.63) is 57.6 Å². The summed E-state index contributed by atoms with van der Waals surface area (Å²) in [6.07, 6.45) is 0.0656. The minimum Gasteiger partial charge on any atom is -0.393 e. The SMILES string of the molecule is O=C(Nc1cc(F)c(F)c(Cl)c1)c1cc(S(=O)(=O)NC2CC(O)C2)ccc1Cl. The molecule has 0 atom stereocenters. The van der Waals surface area contributed by atoms with Crippen molar-refractivity contribution in [2.75, 3.05) is 5.32 Å². The Hall–Kier alpha value is -1.78.